The Hall–Kier alpha value is -4.13. The molecule has 0 aliphatic heterocycles. The third-order valence-corrected chi connectivity index (χ3v) is 4.83. The Labute approximate surface area is 171 Å². The number of H-pyrrole nitrogens is 2. The Kier molecular flexibility index (Phi) is 4.40. The summed E-state index contributed by atoms with van der Waals surface area (Å²) in [5.74, 6) is 1.43. The molecule has 0 spiro atoms. The Morgan fingerprint density at radius 3 is 2.40 bits per heavy atom. The number of nitrogens with one attached hydrogen (secondary N) is 2. The number of ether oxygens (including phenoxy) is 1. The number of aromatic amines is 2. The first-order chi connectivity index (χ1) is 14.7. The smallest absolute Gasteiger partial charge is 0.439 e. The van der Waals surface area contributed by atoms with Gasteiger partial charge in [-0.1, -0.05) is 35.5 Å². The number of fused-ring (bicyclic) bond motifs is 1. The van der Waals surface area contributed by atoms with Crippen LogP contribution in [0.15, 0.2) is 76.0 Å². The van der Waals surface area contributed by atoms with Gasteiger partial charge in [0, 0.05) is 11.1 Å². The van der Waals surface area contributed by atoms with Crippen molar-refractivity contribution in [2.45, 2.75) is 6.92 Å². The number of hydrogen-bond donors (Lipinski definition) is 2. The minimum atomic E-state index is -0.582. The number of benzene rings is 3. The van der Waals surface area contributed by atoms with E-state index in [-0.39, 0.29) is 0 Å². The van der Waals surface area contributed by atoms with E-state index in [9.17, 15) is 4.79 Å². The predicted molar refractivity (Wildman–Crippen MR) is 114 cm³/mol. The Balaban J connectivity index is 1.49. The van der Waals surface area contributed by atoms with Crippen LogP contribution in [0.5, 0.6) is 5.75 Å². The third kappa shape index (κ3) is 3.37. The maximum Gasteiger partial charge on any atom is 0.439 e. The van der Waals surface area contributed by atoms with Crippen molar-refractivity contribution in [3.8, 4) is 39.7 Å². The molecule has 2 aromatic heterocycles. The fourth-order valence-electron chi connectivity index (χ4n) is 3.40. The van der Waals surface area contributed by atoms with Crippen LogP contribution in [-0.4, -0.2) is 26.7 Å². The monoisotopic (exact) mass is 398 g/mol. The molecule has 5 aromatic rings. The van der Waals surface area contributed by atoms with Crippen LogP contribution < -0.4 is 10.5 Å². The lowest BCUT2D eigenvalue weighted by atomic mass is 10.0. The zero-order valence-electron chi connectivity index (χ0n) is 16.2. The van der Waals surface area contributed by atoms with Crippen LogP contribution in [0.1, 0.15) is 6.92 Å². The molecule has 0 amide bonds. The van der Waals surface area contributed by atoms with Crippen LogP contribution in [0.2, 0.25) is 0 Å². The first kappa shape index (κ1) is 17.9. The summed E-state index contributed by atoms with van der Waals surface area (Å²) >= 11 is 0. The van der Waals surface area contributed by atoms with Crippen molar-refractivity contribution in [1.82, 2.24) is 20.1 Å². The second-order valence-electron chi connectivity index (χ2n) is 6.80. The van der Waals surface area contributed by atoms with Crippen molar-refractivity contribution in [2.75, 3.05) is 6.61 Å². The summed E-state index contributed by atoms with van der Waals surface area (Å²) < 4.78 is 10.1. The maximum absolute atomic E-state index is 11.2. The summed E-state index contributed by atoms with van der Waals surface area (Å²) in [7, 11) is 0. The van der Waals surface area contributed by atoms with Crippen molar-refractivity contribution in [3.05, 3.63) is 77.3 Å². The molecule has 0 fully saturated rings. The van der Waals surface area contributed by atoms with E-state index in [0.29, 0.717) is 12.4 Å². The summed E-state index contributed by atoms with van der Waals surface area (Å²) in [5, 5.41) is 3.73. The molecular weight excluding hydrogens is 380 g/mol. The van der Waals surface area contributed by atoms with E-state index in [4.69, 9.17) is 9.72 Å². The highest BCUT2D eigenvalue weighted by Crippen LogP contribution is 2.28. The average molecular weight is 398 g/mol. The Morgan fingerprint density at radius 1 is 0.867 bits per heavy atom. The number of nitrogens with zero attached hydrogens (tertiary/aromatic N) is 2. The van der Waals surface area contributed by atoms with E-state index in [1.165, 1.54) is 0 Å². The van der Waals surface area contributed by atoms with Gasteiger partial charge in [-0.25, -0.2) is 9.78 Å². The fraction of sp³-hybridized carbons (Fsp3) is 0.0870. The summed E-state index contributed by atoms with van der Waals surface area (Å²) in [4.78, 5) is 21.8. The number of rotatable bonds is 5. The molecule has 0 aliphatic rings. The molecule has 7 nitrogen and oxygen atoms in total. The highest BCUT2D eigenvalue weighted by molar-refractivity contribution is 5.84. The first-order valence-corrected chi connectivity index (χ1v) is 9.59. The topological polar surface area (TPSA) is 96.8 Å². The normalized spacial score (nSPS) is 11.1. The molecule has 0 saturated heterocycles. The second-order valence-corrected chi connectivity index (χ2v) is 6.80. The molecule has 5 rings (SSSR count). The molecule has 0 radical (unpaired) electrons. The summed E-state index contributed by atoms with van der Waals surface area (Å²) in [5.41, 5.74) is 5.59. The molecule has 0 saturated carbocycles. The number of hydrogen-bond acceptors (Lipinski definition) is 5. The largest absolute Gasteiger partial charge is 0.494 e. The Morgan fingerprint density at radius 2 is 1.63 bits per heavy atom. The van der Waals surface area contributed by atoms with Gasteiger partial charge in [-0.15, -0.1) is 0 Å². The van der Waals surface area contributed by atoms with Crippen LogP contribution in [0.4, 0.5) is 0 Å². The molecule has 7 heteroatoms. The summed E-state index contributed by atoms with van der Waals surface area (Å²) in [6.07, 6.45) is 0. The zero-order chi connectivity index (χ0) is 20.5. The molecule has 30 heavy (non-hydrogen) atoms. The highest BCUT2D eigenvalue weighted by Gasteiger charge is 2.10. The lowest BCUT2D eigenvalue weighted by Crippen LogP contribution is -1.94. The molecule has 2 heterocycles. The molecule has 0 unspecified atom stereocenters. The molecule has 148 valence electrons. The highest BCUT2D eigenvalue weighted by atomic mass is 16.5. The van der Waals surface area contributed by atoms with Gasteiger partial charge in [0.25, 0.3) is 0 Å². The van der Waals surface area contributed by atoms with Crippen LogP contribution in [-0.2, 0) is 0 Å². The van der Waals surface area contributed by atoms with E-state index in [2.05, 4.69) is 31.8 Å². The third-order valence-electron chi connectivity index (χ3n) is 4.83. The standard InChI is InChI=1S/C23H18N4O3/c1-2-29-18-9-6-14(7-10-18)15-4-3-5-16(12-15)21-24-19-11-8-17(13-20(19)25-21)22-26-23(28)30-27-22/h3-13H,2H2,1H3,(H,24,25)(H,26,27,28). The zero-order valence-corrected chi connectivity index (χ0v) is 16.2. The van der Waals surface area contributed by atoms with E-state index < -0.39 is 5.76 Å². The predicted octanol–water partition coefficient (Wildman–Crippen LogP) is 4.64. The number of imidazole rings is 1. The van der Waals surface area contributed by atoms with Gasteiger partial charge in [-0.3, -0.25) is 9.51 Å². The van der Waals surface area contributed by atoms with Gasteiger partial charge in [0.15, 0.2) is 5.82 Å². The van der Waals surface area contributed by atoms with E-state index in [1.807, 2.05) is 61.5 Å². The van der Waals surface area contributed by atoms with Gasteiger partial charge in [-0.05, 0) is 54.4 Å². The molecule has 2 N–H and O–H groups in total. The van der Waals surface area contributed by atoms with Crippen molar-refractivity contribution < 1.29 is 9.26 Å². The average Bonchev–Trinajstić information content (AvgIpc) is 3.40. The first-order valence-electron chi connectivity index (χ1n) is 9.59. The van der Waals surface area contributed by atoms with Gasteiger partial charge >= 0.3 is 5.76 Å². The maximum atomic E-state index is 11.2. The molecular formula is C23H18N4O3. The van der Waals surface area contributed by atoms with Crippen molar-refractivity contribution in [1.29, 1.82) is 0 Å². The lowest BCUT2D eigenvalue weighted by molar-refractivity contribution is 0.340. The van der Waals surface area contributed by atoms with Gasteiger partial charge in [0.2, 0.25) is 0 Å². The minimum absolute atomic E-state index is 0.385. The minimum Gasteiger partial charge on any atom is -0.494 e. The molecule has 3 aromatic carbocycles. The van der Waals surface area contributed by atoms with Crippen molar-refractivity contribution in [3.63, 3.8) is 0 Å². The van der Waals surface area contributed by atoms with Crippen LogP contribution in [0, 0.1) is 0 Å². The fourth-order valence-corrected chi connectivity index (χ4v) is 3.40. The van der Waals surface area contributed by atoms with Crippen LogP contribution in [0.25, 0.3) is 44.9 Å². The molecule has 0 bridgehead atoms. The lowest BCUT2D eigenvalue weighted by Gasteiger charge is -2.06. The van der Waals surface area contributed by atoms with Gasteiger partial charge < -0.3 is 9.72 Å². The van der Waals surface area contributed by atoms with Crippen LogP contribution >= 0.6 is 0 Å². The summed E-state index contributed by atoms with van der Waals surface area (Å²) in [6.45, 7) is 2.62. The second kappa shape index (κ2) is 7.36. The van der Waals surface area contributed by atoms with Gasteiger partial charge in [0.1, 0.15) is 11.6 Å². The SMILES string of the molecule is CCOc1ccc(-c2cccc(-c3nc4ccc(-c5noc(=O)[nH]5)cc4[nH]3)c2)cc1. The van der Waals surface area contributed by atoms with E-state index in [0.717, 1.165) is 44.9 Å². The van der Waals surface area contributed by atoms with Crippen LogP contribution in [0.3, 0.4) is 0 Å². The Bertz CT molecular complexity index is 1380. The van der Waals surface area contributed by atoms with Gasteiger partial charge in [0.05, 0.1) is 17.6 Å². The summed E-state index contributed by atoms with van der Waals surface area (Å²) in [6, 6.07) is 21.9. The van der Waals surface area contributed by atoms with Crippen molar-refractivity contribution in [2.24, 2.45) is 0 Å². The van der Waals surface area contributed by atoms with E-state index >= 15 is 0 Å². The molecule has 0 aliphatic carbocycles. The van der Waals surface area contributed by atoms with E-state index in [1.54, 1.807) is 0 Å². The quantitative estimate of drug-likeness (QED) is 0.450. The van der Waals surface area contributed by atoms with Crippen molar-refractivity contribution >= 4 is 11.0 Å². The number of aromatic nitrogens is 4. The molecule has 0 atom stereocenters. The van der Waals surface area contributed by atoms with Gasteiger partial charge in [-0.2, -0.15) is 0 Å².